The minimum Gasteiger partial charge on any atom is -0.490 e. The molecule has 0 spiro atoms. The van der Waals surface area contributed by atoms with E-state index >= 15 is 0 Å². The van der Waals surface area contributed by atoms with Gasteiger partial charge in [0.1, 0.15) is 18.5 Å². The first-order valence-corrected chi connectivity index (χ1v) is 12.0. The zero-order valence-electron chi connectivity index (χ0n) is 19.6. The smallest absolute Gasteiger partial charge is 0.410 e. The van der Waals surface area contributed by atoms with Gasteiger partial charge in [-0.1, -0.05) is 23.7 Å². The van der Waals surface area contributed by atoms with Crippen LogP contribution in [-0.2, 0) is 11.3 Å². The number of fused-ring (bicyclic) bond motifs is 1. The summed E-state index contributed by atoms with van der Waals surface area (Å²) in [6.45, 7) is -1.80. The molecule has 37 heavy (non-hydrogen) atoms. The summed E-state index contributed by atoms with van der Waals surface area (Å²) in [5.41, 5.74) is 8.22. The molecule has 194 valence electrons. The third kappa shape index (κ3) is 5.31. The van der Waals surface area contributed by atoms with Gasteiger partial charge in [0, 0.05) is 54.0 Å². The molecule has 0 saturated carbocycles. The van der Waals surface area contributed by atoms with Gasteiger partial charge in [-0.05, 0) is 29.8 Å². The number of nitrogen functional groups attached to an aromatic ring is 1. The second-order valence-corrected chi connectivity index (χ2v) is 9.36. The van der Waals surface area contributed by atoms with Gasteiger partial charge < -0.3 is 25.4 Å². The van der Waals surface area contributed by atoms with Crippen molar-refractivity contribution in [3.63, 3.8) is 0 Å². The second kappa shape index (κ2) is 10.3. The number of halogens is 3. The fourth-order valence-electron chi connectivity index (χ4n) is 4.53. The van der Waals surface area contributed by atoms with E-state index in [1.807, 2.05) is 0 Å². The van der Waals surface area contributed by atoms with Crippen molar-refractivity contribution in [2.24, 2.45) is 0 Å². The van der Waals surface area contributed by atoms with Gasteiger partial charge in [0.25, 0.3) is 5.91 Å². The first kappa shape index (κ1) is 24.8. The highest BCUT2D eigenvalue weighted by Gasteiger charge is 2.39. The lowest BCUT2D eigenvalue weighted by Crippen LogP contribution is -2.44. The molecule has 12 heteroatoms. The van der Waals surface area contributed by atoms with Gasteiger partial charge in [0.15, 0.2) is 0 Å². The van der Waals surface area contributed by atoms with Crippen LogP contribution in [0.5, 0.6) is 5.75 Å². The number of rotatable bonds is 7. The molecule has 3 aromatic rings. The molecule has 0 radical (unpaired) electrons. The number of nitrogens with zero attached hydrogens (tertiary/aromatic N) is 3. The largest absolute Gasteiger partial charge is 0.490 e. The van der Waals surface area contributed by atoms with Gasteiger partial charge in [-0.15, -0.1) is 0 Å². The summed E-state index contributed by atoms with van der Waals surface area (Å²) < 4.78 is 38.3. The van der Waals surface area contributed by atoms with E-state index < -0.39 is 12.5 Å². The number of amides is 2. The van der Waals surface area contributed by atoms with Crippen LogP contribution in [0.3, 0.4) is 0 Å². The van der Waals surface area contributed by atoms with E-state index in [0.29, 0.717) is 46.0 Å². The lowest BCUT2D eigenvalue weighted by molar-refractivity contribution is 0.0566. The van der Waals surface area contributed by atoms with Crippen LogP contribution in [0.2, 0.25) is 5.02 Å². The molecule has 2 amide bonds. The first-order valence-electron chi connectivity index (χ1n) is 11.7. The number of carbonyl (C=O) groups excluding carboxylic acids is 2. The van der Waals surface area contributed by atoms with Crippen molar-refractivity contribution in [3.05, 3.63) is 64.9 Å². The number of alkyl halides is 2. The highest BCUT2D eigenvalue weighted by Crippen LogP contribution is 2.37. The van der Waals surface area contributed by atoms with Crippen molar-refractivity contribution in [1.29, 1.82) is 0 Å². The molecule has 2 aliphatic rings. The summed E-state index contributed by atoms with van der Waals surface area (Å²) in [6, 6.07) is 9.99. The summed E-state index contributed by atoms with van der Waals surface area (Å²) >= 11 is 5.92. The molecular weight excluding hydrogens is 508 g/mol. The number of hydrogen-bond acceptors (Lipinski definition) is 6. The van der Waals surface area contributed by atoms with Crippen LogP contribution < -0.4 is 15.8 Å². The normalized spacial score (nSPS) is 19.0. The van der Waals surface area contributed by atoms with Crippen LogP contribution in [0, 0.1) is 0 Å². The maximum Gasteiger partial charge on any atom is 0.410 e. The molecule has 0 bridgehead atoms. The number of piperidine rings is 1. The molecule has 0 unspecified atom stereocenters. The van der Waals surface area contributed by atoms with Crippen LogP contribution in [0.1, 0.15) is 35.3 Å². The molecule has 3 heterocycles. The number of aromatic nitrogens is 2. The van der Waals surface area contributed by atoms with E-state index in [4.69, 9.17) is 26.8 Å². The fraction of sp³-hybridized carbons (Fsp3) is 0.320. The van der Waals surface area contributed by atoms with Gasteiger partial charge in [0.2, 0.25) is 0 Å². The summed E-state index contributed by atoms with van der Waals surface area (Å²) in [6.07, 6.45) is 2.94. The van der Waals surface area contributed by atoms with E-state index in [1.54, 1.807) is 29.2 Å². The fourth-order valence-corrected chi connectivity index (χ4v) is 4.66. The second-order valence-electron chi connectivity index (χ2n) is 8.92. The Balaban J connectivity index is 1.41. The lowest BCUT2D eigenvalue weighted by atomic mass is 9.99. The summed E-state index contributed by atoms with van der Waals surface area (Å²) in [5, 5.41) is 7.12. The van der Waals surface area contributed by atoms with E-state index in [-0.39, 0.29) is 42.6 Å². The Kier molecular flexibility index (Phi) is 6.88. The van der Waals surface area contributed by atoms with E-state index in [2.05, 4.69) is 10.4 Å². The Morgan fingerprint density at radius 1 is 1.30 bits per heavy atom. The van der Waals surface area contributed by atoms with Crippen molar-refractivity contribution in [3.8, 4) is 16.9 Å². The number of carbonyl (C=O) groups is 2. The van der Waals surface area contributed by atoms with E-state index in [1.165, 1.54) is 24.5 Å². The van der Waals surface area contributed by atoms with Crippen LogP contribution in [0.15, 0.2) is 48.8 Å². The van der Waals surface area contributed by atoms with Crippen molar-refractivity contribution < 1.29 is 27.8 Å². The Morgan fingerprint density at radius 3 is 2.81 bits per heavy atom. The molecule has 1 aromatic heterocycles. The standard InChI is InChI=1S/C25H24ClF2N5O4/c26-16-3-1-14(2-4-16)10-30-23(34)20-9-22(37-18-5-6-32-17(7-18)13-36-25(32)35)19(8-21(20)29)15-11-31-33(12-15)24(27)28/h1-4,8-9,11-12,17-18,24H,5-7,10,13,29H2,(H,30,34)/t17-,18-/m0/s1. The molecule has 2 atom stereocenters. The van der Waals surface area contributed by atoms with Gasteiger partial charge in [0.05, 0.1) is 17.8 Å². The summed E-state index contributed by atoms with van der Waals surface area (Å²) in [7, 11) is 0. The molecule has 2 aliphatic heterocycles. The highest BCUT2D eigenvalue weighted by atomic mass is 35.5. The van der Waals surface area contributed by atoms with Crippen molar-refractivity contribution in [2.75, 3.05) is 18.9 Å². The monoisotopic (exact) mass is 531 g/mol. The summed E-state index contributed by atoms with van der Waals surface area (Å²) in [4.78, 5) is 26.5. The Labute approximate surface area is 216 Å². The van der Waals surface area contributed by atoms with Crippen molar-refractivity contribution in [2.45, 2.75) is 38.1 Å². The molecule has 3 N–H and O–H groups in total. The average Bonchev–Trinajstić information content (AvgIpc) is 3.52. The van der Waals surface area contributed by atoms with Crippen LogP contribution in [-0.4, -0.2) is 52.0 Å². The number of benzene rings is 2. The molecule has 0 aliphatic carbocycles. The van der Waals surface area contributed by atoms with Crippen LogP contribution in [0.4, 0.5) is 19.3 Å². The third-order valence-corrected chi connectivity index (χ3v) is 6.72. The maximum absolute atomic E-state index is 13.2. The Hall–Kier alpha value is -3.86. The van der Waals surface area contributed by atoms with E-state index in [9.17, 15) is 18.4 Å². The number of nitrogens with two attached hydrogens (primary N) is 1. The number of anilines is 1. The van der Waals surface area contributed by atoms with E-state index in [0.717, 1.165) is 5.56 Å². The first-order chi connectivity index (χ1) is 17.8. The molecular formula is C25H24ClF2N5O4. The number of hydrogen-bond donors (Lipinski definition) is 2. The molecule has 5 rings (SSSR count). The van der Waals surface area contributed by atoms with Gasteiger partial charge in [-0.25, -0.2) is 9.48 Å². The number of nitrogens with one attached hydrogen (secondary N) is 1. The third-order valence-electron chi connectivity index (χ3n) is 6.47. The molecule has 9 nitrogen and oxygen atoms in total. The Bertz CT molecular complexity index is 1320. The predicted octanol–water partition coefficient (Wildman–Crippen LogP) is 4.47. The van der Waals surface area contributed by atoms with Gasteiger partial charge in [-0.2, -0.15) is 13.9 Å². The van der Waals surface area contributed by atoms with Crippen LogP contribution in [0.25, 0.3) is 11.1 Å². The van der Waals surface area contributed by atoms with Crippen molar-refractivity contribution >= 4 is 29.3 Å². The molecule has 2 saturated heterocycles. The van der Waals surface area contributed by atoms with Gasteiger partial charge >= 0.3 is 12.6 Å². The Morgan fingerprint density at radius 2 is 2.08 bits per heavy atom. The van der Waals surface area contributed by atoms with Crippen LogP contribution >= 0.6 is 11.6 Å². The summed E-state index contributed by atoms with van der Waals surface area (Å²) in [5.74, 6) is -0.111. The van der Waals surface area contributed by atoms with Gasteiger partial charge in [-0.3, -0.25) is 4.79 Å². The molecule has 2 aromatic carbocycles. The number of cyclic esters (lactones) is 1. The topological polar surface area (TPSA) is 112 Å². The lowest BCUT2D eigenvalue weighted by Gasteiger charge is -2.33. The average molecular weight is 532 g/mol. The maximum atomic E-state index is 13.2. The predicted molar refractivity (Wildman–Crippen MR) is 131 cm³/mol. The highest BCUT2D eigenvalue weighted by molar-refractivity contribution is 6.30. The minimum absolute atomic E-state index is 0.104. The minimum atomic E-state index is -2.81. The zero-order valence-corrected chi connectivity index (χ0v) is 20.3. The quantitative estimate of drug-likeness (QED) is 0.435. The number of ether oxygens (including phenoxy) is 2. The zero-order chi connectivity index (χ0) is 26.1. The molecule has 2 fully saturated rings. The van der Waals surface area contributed by atoms with Crippen molar-refractivity contribution in [1.82, 2.24) is 20.0 Å². The SMILES string of the molecule is Nc1cc(-c2cnn(C(F)F)c2)c(O[C@H]2CCN3C(=O)OC[C@@H]3C2)cc1C(=O)NCc1ccc(Cl)cc1.